The Morgan fingerprint density at radius 1 is 1.26 bits per heavy atom. The fourth-order valence-corrected chi connectivity index (χ4v) is 3.93. The predicted octanol–water partition coefficient (Wildman–Crippen LogP) is 4.24. The Morgan fingerprint density at radius 3 is 2.74 bits per heavy atom. The van der Waals surface area contributed by atoms with Gasteiger partial charge >= 0.3 is 5.97 Å². The van der Waals surface area contributed by atoms with Gasteiger partial charge in [-0.3, -0.25) is 14.7 Å². The normalized spacial score (nSPS) is 14.5. The molecule has 0 amide bonds. The minimum Gasteiger partial charge on any atom is -0.481 e. The topological polar surface area (TPSA) is 71.2 Å². The van der Waals surface area contributed by atoms with Gasteiger partial charge in [0.05, 0.1) is 35.0 Å². The molecule has 0 aliphatic carbocycles. The summed E-state index contributed by atoms with van der Waals surface area (Å²) in [6.45, 7) is 5.82. The van der Waals surface area contributed by atoms with Gasteiger partial charge in [0.15, 0.2) is 0 Å². The van der Waals surface area contributed by atoms with E-state index in [2.05, 4.69) is 21.8 Å². The molecule has 1 saturated heterocycles. The van der Waals surface area contributed by atoms with E-state index in [-0.39, 0.29) is 11.7 Å². The molecule has 0 atom stereocenters. The number of likely N-dealkylation sites (tertiary alicyclic amines) is 1. The Labute approximate surface area is 181 Å². The first-order valence-corrected chi connectivity index (χ1v) is 10.7. The standard InChI is InChI=1S/C24H27FN4O2/c1-3-4-5-17-6-7-18(10-21(17)25)22-14-29(15-26-22)23-9-8-20(27-16(23)2)13-28-11-19(12-28)24(30)31/h6-10,14-15,19H,3-5,11-13H2,1-2H3,(H,30,31). The largest absolute Gasteiger partial charge is 0.481 e. The number of hydrogen-bond acceptors (Lipinski definition) is 4. The van der Waals surface area contributed by atoms with E-state index in [9.17, 15) is 9.18 Å². The van der Waals surface area contributed by atoms with Crippen molar-refractivity contribution in [1.82, 2.24) is 19.4 Å². The number of imidazole rings is 1. The zero-order valence-corrected chi connectivity index (χ0v) is 17.9. The molecule has 0 unspecified atom stereocenters. The number of aliphatic carboxylic acids is 1. The molecule has 3 heterocycles. The number of benzene rings is 1. The van der Waals surface area contributed by atoms with Crippen LogP contribution in [0, 0.1) is 18.7 Å². The molecule has 1 aliphatic heterocycles. The SMILES string of the molecule is CCCCc1ccc(-c2cn(-c3ccc(CN4CC(C(=O)O)C4)nc3C)cn2)cc1F. The summed E-state index contributed by atoms with van der Waals surface area (Å²) < 4.78 is 16.3. The van der Waals surface area contributed by atoms with Gasteiger partial charge in [0.1, 0.15) is 5.82 Å². The number of aromatic nitrogens is 3. The fourth-order valence-electron chi connectivity index (χ4n) is 3.93. The third-order valence-corrected chi connectivity index (χ3v) is 5.82. The van der Waals surface area contributed by atoms with E-state index in [0.717, 1.165) is 47.5 Å². The van der Waals surface area contributed by atoms with Crippen LogP contribution in [0.15, 0.2) is 42.9 Å². The molecule has 4 rings (SSSR count). The van der Waals surface area contributed by atoms with Crippen LogP contribution < -0.4 is 0 Å². The lowest BCUT2D eigenvalue weighted by Gasteiger charge is -2.36. The van der Waals surface area contributed by atoms with Crippen molar-refractivity contribution in [2.45, 2.75) is 39.7 Å². The maximum atomic E-state index is 14.4. The van der Waals surface area contributed by atoms with Crippen molar-refractivity contribution in [2.75, 3.05) is 13.1 Å². The maximum Gasteiger partial charge on any atom is 0.309 e. The molecule has 0 saturated carbocycles. The molecule has 31 heavy (non-hydrogen) atoms. The van der Waals surface area contributed by atoms with E-state index >= 15 is 0 Å². The first-order valence-electron chi connectivity index (χ1n) is 10.7. The summed E-state index contributed by atoms with van der Waals surface area (Å²) in [5, 5.41) is 9.00. The van der Waals surface area contributed by atoms with Gasteiger partial charge < -0.3 is 9.67 Å². The summed E-state index contributed by atoms with van der Waals surface area (Å²) in [6.07, 6.45) is 6.37. The third kappa shape index (κ3) is 4.66. The second-order valence-electron chi connectivity index (χ2n) is 8.21. The second-order valence-corrected chi connectivity index (χ2v) is 8.21. The Morgan fingerprint density at radius 2 is 2.06 bits per heavy atom. The number of carboxylic acid groups (broad SMARTS) is 1. The number of halogens is 1. The van der Waals surface area contributed by atoms with Gasteiger partial charge in [0.2, 0.25) is 0 Å². The van der Waals surface area contributed by atoms with E-state index in [1.54, 1.807) is 12.4 Å². The van der Waals surface area contributed by atoms with Crippen LogP contribution in [0.5, 0.6) is 0 Å². The molecule has 3 aromatic rings. The van der Waals surface area contributed by atoms with Crippen molar-refractivity contribution in [3.8, 4) is 16.9 Å². The van der Waals surface area contributed by atoms with E-state index < -0.39 is 5.97 Å². The smallest absolute Gasteiger partial charge is 0.309 e. The molecule has 1 fully saturated rings. The van der Waals surface area contributed by atoms with Crippen LogP contribution in [0.1, 0.15) is 36.7 Å². The average Bonchev–Trinajstić information content (AvgIpc) is 3.19. The molecule has 1 aliphatic rings. The molecule has 0 radical (unpaired) electrons. The van der Waals surface area contributed by atoms with Crippen molar-refractivity contribution in [3.63, 3.8) is 0 Å². The van der Waals surface area contributed by atoms with E-state index in [1.165, 1.54) is 0 Å². The van der Waals surface area contributed by atoms with Gasteiger partial charge in [-0.15, -0.1) is 0 Å². The highest BCUT2D eigenvalue weighted by atomic mass is 19.1. The highest BCUT2D eigenvalue weighted by Gasteiger charge is 2.32. The lowest BCUT2D eigenvalue weighted by atomic mass is 10.0. The van der Waals surface area contributed by atoms with Crippen LogP contribution in [-0.4, -0.2) is 43.6 Å². The summed E-state index contributed by atoms with van der Waals surface area (Å²) in [7, 11) is 0. The monoisotopic (exact) mass is 422 g/mol. The Hall–Kier alpha value is -3.06. The number of aryl methyl sites for hydroxylation is 2. The summed E-state index contributed by atoms with van der Waals surface area (Å²) >= 11 is 0. The van der Waals surface area contributed by atoms with Crippen LogP contribution >= 0.6 is 0 Å². The van der Waals surface area contributed by atoms with Gasteiger partial charge in [-0.05, 0) is 43.5 Å². The quantitative estimate of drug-likeness (QED) is 0.588. The van der Waals surface area contributed by atoms with Crippen molar-refractivity contribution in [2.24, 2.45) is 5.92 Å². The summed E-state index contributed by atoms with van der Waals surface area (Å²) in [5.41, 5.74) is 4.90. The lowest BCUT2D eigenvalue weighted by molar-refractivity contribution is -0.147. The molecular formula is C24H27FN4O2. The molecular weight excluding hydrogens is 395 g/mol. The lowest BCUT2D eigenvalue weighted by Crippen LogP contribution is -2.49. The second kappa shape index (κ2) is 8.98. The molecule has 162 valence electrons. The molecule has 6 nitrogen and oxygen atoms in total. The Bertz CT molecular complexity index is 1090. The number of rotatable bonds is 8. The molecule has 2 aromatic heterocycles. The Kier molecular flexibility index (Phi) is 6.13. The first kappa shape index (κ1) is 21.2. The molecule has 1 aromatic carbocycles. The van der Waals surface area contributed by atoms with Gasteiger partial charge in [0.25, 0.3) is 0 Å². The van der Waals surface area contributed by atoms with E-state index in [1.807, 2.05) is 42.0 Å². The number of carbonyl (C=O) groups is 1. The highest BCUT2D eigenvalue weighted by molar-refractivity contribution is 5.71. The fraction of sp³-hybridized carbons (Fsp3) is 0.375. The maximum absolute atomic E-state index is 14.4. The minimum atomic E-state index is -0.734. The van der Waals surface area contributed by atoms with Gasteiger partial charge in [0, 0.05) is 31.4 Å². The van der Waals surface area contributed by atoms with Crippen molar-refractivity contribution in [3.05, 3.63) is 65.6 Å². The summed E-state index contributed by atoms with van der Waals surface area (Å²) in [5.74, 6) is -1.18. The third-order valence-electron chi connectivity index (χ3n) is 5.82. The van der Waals surface area contributed by atoms with Crippen LogP contribution in [0.2, 0.25) is 0 Å². The van der Waals surface area contributed by atoms with E-state index in [0.29, 0.717) is 25.3 Å². The number of nitrogens with zero attached hydrogens (tertiary/aromatic N) is 4. The number of pyridine rings is 1. The molecule has 7 heteroatoms. The van der Waals surface area contributed by atoms with Crippen LogP contribution in [0.25, 0.3) is 16.9 Å². The van der Waals surface area contributed by atoms with Gasteiger partial charge in [-0.1, -0.05) is 25.5 Å². The zero-order valence-electron chi connectivity index (χ0n) is 17.9. The van der Waals surface area contributed by atoms with Crippen molar-refractivity contribution in [1.29, 1.82) is 0 Å². The zero-order chi connectivity index (χ0) is 22.0. The molecule has 1 N–H and O–H groups in total. The van der Waals surface area contributed by atoms with Gasteiger partial charge in [-0.25, -0.2) is 9.37 Å². The summed E-state index contributed by atoms with van der Waals surface area (Å²) in [4.78, 5) is 22.2. The van der Waals surface area contributed by atoms with Crippen LogP contribution in [0.4, 0.5) is 4.39 Å². The van der Waals surface area contributed by atoms with Crippen molar-refractivity contribution >= 4 is 5.97 Å². The Balaban J connectivity index is 1.46. The number of unbranched alkanes of at least 4 members (excludes halogenated alkanes) is 1. The first-order chi connectivity index (χ1) is 14.9. The van der Waals surface area contributed by atoms with Gasteiger partial charge in [-0.2, -0.15) is 0 Å². The van der Waals surface area contributed by atoms with Crippen LogP contribution in [-0.2, 0) is 17.8 Å². The summed E-state index contributed by atoms with van der Waals surface area (Å²) in [6, 6.07) is 9.28. The highest BCUT2D eigenvalue weighted by Crippen LogP contribution is 2.24. The average molecular weight is 423 g/mol. The van der Waals surface area contributed by atoms with Crippen LogP contribution in [0.3, 0.4) is 0 Å². The number of hydrogen-bond donors (Lipinski definition) is 1. The predicted molar refractivity (Wildman–Crippen MR) is 117 cm³/mol. The minimum absolute atomic E-state index is 0.182. The molecule has 0 bridgehead atoms. The molecule has 0 spiro atoms. The van der Waals surface area contributed by atoms with E-state index in [4.69, 9.17) is 5.11 Å². The van der Waals surface area contributed by atoms with Crippen molar-refractivity contribution < 1.29 is 14.3 Å². The number of carboxylic acids is 1.